The number of terminal acetylenes is 1. The molecule has 1 aliphatic heterocycles. The van der Waals surface area contributed by atoms with E-state index in [0.29, 0.717) is 19.5 Å². The Bertz CT molecular complexity index is 349. The van der Waals surface area contributed by atoms with Crippen LogP contribution in [0.4, 0.5) is 4.79 Å². The molecule has 1 unspecified atom stereocenters. The molecule has 0 radical (unpaired) electrons. The Balaban J connectivity index is 2.84. The third-order valence-electron chi connectivity index (χ3n) is 3.22. The quantitative estimate of drug-likeness (QED) is 0.772. The van der Waals surface area contributed by atoms with Gasteiger partial charge in [0.25, 0.3) is 0 Å². The van der Waals surface area contributed by atoms with Crippen molar-refractivity contribution in [1.82, 2.24) is 9.80 Å². The number of rotatable bonds is 3. The Kier molecular flexibility index (Phi) is 5.50. The predicted octanol–water partition coefficient (Wildman–Crippen LogP) is 1.39. The molecule has 0 spiro atoms. The summed E-state index contributed by atoms with van der Waals surface area (Å²) in [5.74, 6) is 1.50. The van der Waals surface area contributed by atoms with Gasteiger partial charge in [0.15, 0.2) is 0 Å². The van der Waals surface area contributed by atoms with Gasteiger partial charge in [0, 0.05) is 13.1 Å². The standard InChI is InChI=1S/C13H20N2O3/c1-3-9-14(4-2)13(18)15-10-7-5-6-8-11(15)12(16)17/h1,11H,4-10H2,2H3,(H,16,17). The first-order valence-corrected chi connectivity index (χ1v) is 6.33. The van der Waals surface area contributed by atoms with Crippen LogP contribution in [0, 0.1) is 12.3 Å². The van der Waals surface area contributed by atoms with Gasteiger partial charge in [0.2, 0.25) is 0 Å². The summed E-state index contributed by atoms with van der Waals surface area (Å²) >= 11 is 0. The fraction of sp³-hybridized carbons (Fsp3) is 0.692. The number of nitrogens with zero attached hydrogens (tertiary/aromatic N) is 2. The minimum absolute atomic E-state index is 0.220. The summed E-state index contributed by atoms with van der Waals surface area (Å²) in [5.41, 5.74) is 0. The van der Waals surface area contributed by atoms with E-state index in [4.69, 9.17) is 6.42 Å². The van der Waals surface area contributed by atoms with Gasteiger partial charge in [-0.05, 0) is 19.8 Å². The van der Waals surface area contributed by atoms with E-state index in [-0.39, 0.29) is 12.6 Å². The molecule has 1 saturated heterocycles. The van der Waals surface area contributed by atoms with Crippen molar-refractivity contribution in [2.45, 2.75) is 38.6 Å². The van der Waals surface area contributed by atoms with Gasteiger partial charge in [-0.3, -0.25) is 0 Å². The molecule has 1 heterocycles. The predicted molar refractivity (Wildman–Crippen MR) is 68.1 cm³/mol. The average molecular weight is 252 g/mol. The third kappa shape index (κ3) is 3.39. The Morgan fingerprint density at radius 2 is 2.17 bits per heavy atom. The number of carboxylic acids is 1. The number of hydrogen-bond donors (Lipinski definition) is 1. The first-order chi connectivity index (χ1) is 8.61. The van der Waals surface area contributed by atoms with Crippen LogP contribution in [-0.2, 0) is 4.79 Å². The van der Waals surface area contributed by atoms with Gasteiger partial charge in [-0.1, -0.05) is 18.8 Å². The Hall–Kier alpha value is -1.70. The molecule has 5 heteroatoms. The monoisotopic (exact) mass is 252 g/mol. The molecule has 0 aliphatic carbocycles. The lowest BCUT2D eigenvalue weighted by Crippen LogP contribution is -2.50. The molecule has 0 aromatic carbocycles. The smallest absolute Gasteiger partial charge is 0.326 e. The lowest BCUT2D eigenvalue weighted by molar-refractivity contribution is -0.142. The van der Waals surface area contributed by atoms with Crippen LogP contribution in [-0.4, -0.2) is 52.6 Å². The number of hydrogen-bond acceptors (Lipinski definition) is 2. The summed E-state index contributed by atoms with van der Waals surface area (Å²) in [6.45, 7) is 3.05. The van der Waals surface area contributed by atoms with Crippen LogP contribution in [0.1, 0.15) is 32.6 Å². The topological polar surface area (TPSA) is 60.9 Å². The van der Waals surface area contributed by atoms with E-state index in [2.05, 4.69) is 5.92 Å². The number of carbonyl (C=O) groups excluding carboxylic acids is 1. The van der Waals surface area contributed by atoms with Crippen molar-refractivity contribution in [1.29, 1.82) is 0 Å². The van der Waals surface area contributed by atoms with E-state index in [1.807, 2.05) is 6.92 Å². The van der Waals surface area contributed by atoms with E-state index in [1.54, 1.807) is 0 Å². The lowest BCUT2D eigenvalue weighted by Gasteiger charge is -2.31. The van der Waals surface area contributed by atoms with Gasteiger partial charge in [0.1, 0.15) is 6.04 Å². The summed E-state index contributed by atoms with van der Waals surface area (Å²) in [5, 5.41) is 9.21. The highest BCUT2D eigenvalue weighted by Crippen LogP contribution is 2.18. The van der Waals surface area contributed by atoms with Crippen LogP contribution in [0.2, 0.25) is 0 Å². The molecule has 0 aromatic rings. The number of amides is 2. The highest BCUT2D eigenvalue weighted by Gasteiger charge is 2.32. The minimum atomic E-state index is -0.929. The maximum absolute atomic E-state index is 12.3. The molecule has 0 saturated carbocycles. The van der Waals surface area contributed by atoms with E-state index in [9.17, 15) is 14.7 Å². The maximum atomic E-state index is 12.3. The fourth-order valence-electron chi connectivity index (χ4n) is 2.20. The number of urea groups is 1. The second-order valence-corrected chi connectivity index (χ2v) is 4.40. The Labute approximate surface area is 108 Å². The van der Waals surface area contributed by atoms with Gasteiger partial charge in [-0.25, -0.2) is 9.59 Å². The zero-order chi connectivity index (χ0) is 13.5. The van der Waals surface area contributed by atoms with Crippen LogP contribution in [0.15, 0.2) is 0 Å². The second-order valence-electron chi connectivity index (χ2n) is 4.40. The first-order valence-electron chi connectivity index (χ1n) is 6.33. The summed E-state index contributed by atoms with van der Waals surface area (Å²) in [6, 6.07) is -0.975. The van der Waals surface area contributed by atoms with Crippen molar-refractivity contribution in [2.24, 2.45) is 0 Å². The summed E-state index contributed by atoms with van der Waals surface area (Å²) in [4.78, 5) is 26.5. The summed E-state index contributed by atoms with van der Waals surface area (Å²) in [6.07, 6.45) is 8.41. The summed E-state index contributed by atoms with van der Waals surface area (Å²) in [7, 11) is 0. The van der Waals surface area contributed by atoms with Gasteiger partial charge < -0.3 is 14.9 Å². The Morgan fingerprint density at radius 3 is 2.72 bits per heavy atom. The molecule has 1 fully saturated rings. The molecule has 1 atom stereocenters. The molecule has 1 aliphatic rings. The molecule has 100 valence electrons. The van der Waals surface area contributed by atoms with Gasteiger partial charge in [0.05, 0.1) is 6.54 Å². The lowest BCUT2D eigenvalue weighted by atomic mass is 10.1. The zero-order valence-corrected chi connectivity index (χ0v) is 10.8. The van der Waals surface area contributed by atoms with E-state index in [1.165, 1.54) is 9.80 Å². The van der Waals surface area contributed by atoms with Crippen molar-refractivity contribution in [3.63, 3.8) is 0 Å². The molecule has 18 heavy (non-hydrogen) atoms. The van der Waals surface area contributed by atoms with Gasteiger partial charge >= 0.3 is 12.0 Å². The van der Waals surface area contributed by atoms with Crippen molar-refractivity contribution in [3.05, 3.63) is 0 Å². The molecule has 1 N–H and O–H groups in total. The highest BCUT2D eigenvalue weighted by molar-refractivity contribution is 5.83. The molecule has 5 nitrogen and oxygen atoms in total. The largest absolute Gasteiger partial charge is 0.480 e. The van der Waals surface area contributed by atoms with Gasteiger partial charge in [-0.15, -0.1) is 6.42 Å². The highest BCUT2D eigenvalue weighted by atomic mass is 16.4. The maximum Gasteiger partial charge on any atom is 0.326 e. The van der Waals surface area contributed by atoms with E-state index >= 15 is 0 Å². The Morgan fingerprint density at radius 1 is 1.44 bits per heavy atom. The number of carbonyl (C=O) groups is 2. The van der Waals surface area contributed by atoms with Crippen LogP contribution >= 0.6 is 0 Å². The van der Waals surface area contributed by atoms with Crippen LogP contribution in [0.3, 0.4) is 0 Å². The molecule has 0 aromatic heterocycles. The SMILES string of the molecule is C#CCN(CC)C(=O)N1CCCCCC1C(=O)O. The molecule has 0 bridgehead atoms. The average Bonchev–Trinajstić information content (AvgIpc) is 2.60. The van der Waals surface area contributed by atoms with Crippen LogP contribution in [0.5, 0.6) is 0 Å². The zero-order valence-electron chi connectivity index (χ0n) is 10.8. The van der Waals surface area contributed by atoms with Crippen molar-refractivity contribution in [3.8, 4) is 12.3 Å². The van der Waals surface area contributed by atoms with Crippen LogP contribution < -0.4 is 0 Å². The molecule has 1 rings (SSSR count). The van der Waals surface area contributed by atoms with E-state index < -0.39 is 12.0 Å². The summed E-state index contributed by atoms with van der Waals surface area (Å²) < 4.78 is 0. The van der Waals surface area contributed by atoms with E-state index in [0.717, 1.165) is 19.3 Å². The minimum Gasteiger partial charge on any atom is -0.480 e. The first kappa shape index (κ1) is 14.4. The number of aliphatic carboxylic acids is 1. The fourth-order valence-corrected chi connectivity index (χ4v) is 2.20. The molecular weight excluding hydrogens is 232 g/mol. The van der Waals surface area contributed by atoms with Crippen LogP contribution in [0.25, 0.3) is 0 Å². The number of likely N-dealkylation sites (tertiary alicyclic amines) is 1. The van der Waals surface area contributed by atoms with Crippen molar-refractivity contribution in [2.75, 3.05) is 19.6 Å². The van der Waals surface area contributed by atoms with Crippen molar-refractivity contribution >= 4 is 12.0 Å². The molecular formula is C13H20N2O3. The number of carboxylic acid groups (broad SMARTS) is 1. The molecule has 2 amide bonds. The second kappa shape index (κ2) is 6.90. The third-order valence-corrected chi connectivity index (χ3v) is 3.22. The normalized spacial score (nSPS) is 19.8. The van der Waals surface area contributed by atoms with Crippen molar-refractivity contribution < 1.29 is 14.7 Å². The van der Waals surface area contributed by atoms with Gasteiger partial charge in [-0.2, -0.15) is 0 Å².